The van der Waals surface area contributed by atoms with E-state index in [0.29, 0.717) is 5.56 Å². The topological polar surface area (TPSA) is 49.0 Å². The first-order chi connectivity index (χ1) is 6.42. The molecule has 0 aliphatic carbocycles. The summed E-state index contributed by atoms with van der Waals surface area (Å²) in [4.78, 5) is 0. The van der Waals surface area contributed by atoms with Gasteiger partial charge in [-0.3, -0.25) is 0 Å². The minimum absolute atomic E-state index is 0.249. The molecule has 1 fully saturated rings. The first-order valence-corrected chi connectivity index (χ1v) is 4.62. The molecule has 1 aromatic rings. The van der Waals surface area contributed by atoms with Gasteiger partial charge < -0.3 is 9.73 Å². The van der Waals surface area contributed by atoms with Crippen LogP contribution in [0.3, 0.4) is 0 Å². The normalized spacial score (nSPS) is 22.5. The molecular weight excluding hydrogens is 164 g/mol. The van der Waals surface area contributed by atoms with Gasteiger partial charge in [-0.2, -0.15) is 5.26 Å². The Morgan fingerprint density at radius 1 is 1.54 bits per heavy atom. The lowest BCUT2D eigenvalue weighted by molar-refractivity contribution is 0.348. The molecule has 1 atom stereocenters. The van der Waals surface area contributed by atoms with Gasteiger partial charge in [-0.05, 0) is 25.5 Å². The molecule has 3 heteroatoms. The van der Waals surface area contributed by atoms with Gasteiger partial charge in [0.25, 0.3) is 0 Å². The van der Waals surface area contributed by atoms with Gasteiger partial charge in [-0.15, -0.1) is 0 Å². The molecule has 0 unspecified atom stereocenters. The molecule has 0 saturated carbocycles. The highest BCUT2D eigenvalue weighted by Gasteiger charge is 2.20. The first kappa shape index (κ1) is 8.33. The van der Waals surface area contributed by atoms with Gasteiger partial charge in [0.2, 0.25) is 0 Å². The number of furan rings is 1. The Morgan fingerprint density at radius 3 is 3.15 bits per heavy atom. The summed E-state index contributed by atoms with van der Waals surface area (Å²) in [6.45, 7) is 1.02. The standard InChI is InChI=1S/C10H12N2O/c11-7-8-4-6-13-10(8)9-3-1-2-5-12-9/h4,6,9,12H,1-3,5H2/t9-/m0/s1. The average molecular weight is 176 g/mol. The fourth-order valence-electron chi connectivity index (χ4n) is 1.76. The van der Waals surface area contributed by atoms with E-state index >= 15 is 0 Å². The molecule has 0 spiro atoms. The number of nitriles is 1. The minimum atomic E-state index is 0.249. The predicted molar refractivity (Wildman–Crippen MR) is 48.0 cm³/mol. The van der Waals surface area contributed by atoms with Crippen LogP contribution in [0.2, 0.25) is 0 Å². The van der Waals surface area contributed by atoms with Crippen LogP contribution < -0.4 is 5.32 Å². The molecule has 0 aromatic carbocycles. The van der Waals surface area contributed by atoms with E-state index in [1.165, 1.54) is 12.8 Å². The van der Waals surface area contributed by atoms with E-state index in [1.54, 1.807) is 12.3 Å². The zero-order valence-corrected chi connectivity index (χ0v) is 7.42. The summed E-state index contributed by atoms with van der Waals surface area (Å²) in [5.41, 5.74) is 0.666. The molecule has 68 valence electrons. The molecule has 1 N–H and O–H groups in total. The molecule has 0 radical (unpaired) electrons. The molecule has 13 heavy (non-hydrogen) atoms. The maximum atomic E-state index is 8.80. The third-order valence-electron chi connectivity index (χ3n) is 2.44. The molecule has 0 bridgehead atoms. The zero-order chi connectivity index (χ0) is 9.10. The molecule has 1 aliphatic heterocycles. The van der Waals surface area contributed by atoms with E-state index in [2.05, 4.69) is 11.4 Å². The van der Waals surface area contributed by atoms with Gasteiger partial charge in [-0.1, -0.05) is 6.42 Å². The van der Waals surface area contributed by atoms with Crippen molar-refractivity contribution in [2.45, 2.75) is 25.3 Å². The van der Waals surface area contributed by atoms with Crippen LogP contribution in [-0.4, -0.2) is 6.54 Å². The lowest BCUT2D eigenvalue weighted by atomic mass is 10.0. The van der Waals surface area contributed by atoms with Crippen LogP contribution in [0.25, 0.3) is 0 Å². The van der Waals surface area contributed by atoms with Crippen molar-refractivity contribution >= 4 is 0 Å². The Hall–Kier alpha value is -1.27. The van der Waals surface area contributed by atoms with Crippen molar-refractivity contribution in [3.05, 3.63) is 23.7 Å². The van der Waals surface area contributed by atoms with Gasteiger partial charge in [0, 0.05) is 0 Å². The van der Waals surface area contributed by atoms with Crippen molar-refractivity contribution in [2.75, 3.05) is 6.54 Å². The van der Waals surface area contributed by atoms with Crippen LogP contribution >= 0.6 is 0 Å². The van der Waals surface area contributed by atoms with E-state index in [9.17, 15) is 0 Å². The summed E-state index contributed by atoms with van der Waals surface area (Å²) in [7, 11) is 0. The van der Waals surface area contributed by atoms with Crippen LogP contribution in [0.4, 0.5) is 0 Å². The quantitative estimate of drug-likeness (QED) is 0.711. The lowest BCUT2D eigenvalue weighted by Crippen LogP contribution is -2.26. The second kappa shape index (κ2) is 3.63. The van der Waals surface area contributed by atoms with Crippen molar-refractivity contribution < 1.29 is 4.42 Å². The molecule has 2 rings (SSSR count). The Balaban J connectivity index is 2.19. The fourth-order valence-corrected chi connectivity index (χ4v) is 1.76. The molecular formula is C10H12N2O. The largest absolute Gasteiger partial charge is 0.466 e. The van der Waals surface area contributed by atoms with E-state index in [1.807, 2.05) is 0 Å². The van der Waals surface area contributed by atoms with Crippen LogP contribution in [0.5, 0.6) is 0 Å². The van der Waals surface area contributed by atoms with Crippen molar-refractivity contribution in [3.63, 3.8) is 0 Å². The summed E-state index contributed by atoms with van der Waals surface area (Å²) in [5, 5.41) is 12.2. The Morgan fingerprint density at radius 2 is 2.46 bits per heavy atom. The molecule has 0 amide bonds. The summed E-state index contributed by atoms with van der Waals surface area (Å²) in [6, 6.07) is 4.12. The molecule has 1 aromatic heterocycles. The van der Waals surface area contributed by atoms with Crippen molar-refractivity contribution in [1.29, 1.82) is 5.26 Å². The summed E-state index contributed by atoms with van der Waals surface area (Å²) in [5.74, 6) is 0.808. The Kier molecular flexibility index (Phi) is 2.33. The second-order valence-corrected chi connectivity index (χ2v) is 3.31. The van der Waals surface area contributed by atoms with Crippen LogP contribution in [0.1, 0.15) is 36.6 Å². The smallest absolute Gasteiger partial charge is 0.138 e. The highest BCUT2D eigenvalue weighted by molar-refractivity contribution is 5.33. The van der Waals surface area contributed by atoms with Crippen LogP contribution in [-0.2, 0) is 0 Å². The van der Waals surface area contributed by atoms with E-state index in [0.717, 1.165) is 18.7 Å². The second-order valence-electron chi connectivity index (χ2n) is 3.31. The molecule has 3 nitrogen and oxygen atoms in total. The maximum Gasteiger partial charge on any atom is 0.138 e. The third kappa shape index (κ3) is 1.58. The predicted octanol–water partition coefficient (Wildman–Crippen LogP) is 1.97. The van der Waals surface area contributed by atoms with Crippen LogP contribution in [0, 0.1) is 11.3 Å². The van der Waals surface area contributed by atoms with Gasteiger partial charge >= 0.3 is 0 Å². The monoisotopic (exact) mass is 176 g/mol. The SMILES string of the molecule is N#Cc1ccoc1[C@@H]1CCCCN1. The Labute approximate surface area is 77.4 Å². The van der Waals surface area contributed by atoms with Crippen molar-refractivity contribution in [2.24, 2.45) is 0 Å². The van der Waals surface area contributed by atoms with E-state index in [-0.39, 0.29) is 6.04 Å². The summed E-state index contributed by atoms with van der Waals surface area (Å²) >= 11 is 0. The van der Waals surface area contributed by atoms with Gasteiger partial charge in [0.15, 0.2) is 0 Å². The van der Waals surface area contributed by atoms with Gasteiger partial charge in [0.1, 0.15) is 11.8 Å². The number of rotatable bonds is 1. The van der Waals surface area contributed by atoms with Crippen molar-refractivity contribution in [1.82, 2.24) is 5.32 Å². The first-order valence-electron chi connectivity index (χ1n) is 4.62. The van der Waals surface area contributed by atoms with E-state index in [4.69, 9.17) is 9.68 Å². The minimum Gasteiger partial charge on any atom is -0.466 e. The highest BCUT2D eigenvalue weighted by atomic mass is 16.3. The van der Waals surface area contributed by atoms with Gasteiger partial charge in [-0.25, -0.2) is 0 Å². The van der Waals surface area contributed by atoms with E-state index < -0.39 is 0 Å². The Bertz CT molecular complexity index is 318. The maximum absolute atomic E-state index is 8.80. The van der Waals surface area contributed by atoms with Crippen LogP contribution in [0.15, 0.2) is 16.7 Å². The molecule has 2 heterocycles. The van der Waals surface area contributed by atoms with Crippen molar-refractivity contribution in [3.8, 4) is 6.07 Å². The highest BCUT2D eigenvalue weighted by Crippen LogP contribution is 2.25. The lowest BCUT2D eigenvalue weighted by Gasteiger charge is -2.21. The molecule has 1 aliphatic rings. The summed E-state index contributed by atoms with van der Waals surface area (Å²) < 4.78 is 5.31. The van der Waals surface area contributed by atoms with Gasteiger partial charge in [0.05, 0.1) is 17.9 Å². The third-order valence-corrected chi connectivity index (χ3v) is 2.44. The number of nitrogens with zero attached hydrogens (tertiary/aromatic N) is 1. The number of hydrogen-bond acceptors (Lipinski definition) is 3. The average Bonchev–Trinajstić information content (AvgIpc) is 2.67. The fraction of sp³-hybridized carbons (Fsp3) is 0.500. The zero-order valence-electron chi connectivity index (χ0n) is 7.42. The molecule has 1 saturated heterocycles. The number of hydrogen-bond donors (Lipinski definition) is 1. The number of piperidine rings is 1. The summed E-state index contributed by atoms with van der Waals surface area (Å²) in [6.07, 6.45) is 5.09. The number of nitrogens with one attached hydrogen (secondary N) is 1.